The Labute approximate surface area is 108 Å². The SMILES string of the molecule is Cc1cnc(N2CCC(OCCCN)CC2)nc1. The number of aromatic nitrogens is 2. The Hall–Kier alpha value is -1.20. The molecule has 2 N–H and O–H groups in total. The smallest absolute Gasteiger partial charge is 0.225 e. The van der Waals surface area contributed by atoms with Crippen LogP contribution in [0.15, 0.2) is 12.4 Å². The molecule has 2 heterocycles. The minimum Gasteiger partial charge on any atom is -0.378 e. The van der Waals surface area contributed by atoms with Crippen molar-refractivity contribution in [1.29, 1.82) is 0 Å². The van der Waals surface area contributed by atoms with E-state index in [1.165, 1.54) is 0 Å². The molecule has 1 saturated heterocycles. The summed E-state index contributed by atoms with van der Waals surface area (Å²) in [7, 11) is 0. The quantitative estimate of drug-likeness (QED) is 0.793. The maximum Gasteiger partial charge on any atom is 0.225 e. The van der Waals surface area contributed by atoms with E-state index < -0.39 is 0 Å². The first-order valence-electron chi connectivity index (χ1n) is 6.65. The first-order valence-corrected chi connectivity index (χ1v) is 6.65. The second-order valence-electron chi connectivity index (χ2n) is 4.76. The maximum atomic E-state index is 5.78. The van der Waals surface area contributed by atoms with Gasteiger partial charge in [-0.05, 0) is 38.3 Å². The number of hydrogen-bond acceptors (Lipinski definition) is 5. The van der Waals surface area contributed by atoms with Gasteiger partial charge in [0.2, 0.25) is 5.95 Å². The Kier molecular flexibility index (Phi) is 4.90. The summed E-state index contributed by atoms with van der Waals surface area (Å²) in [6.07, 6.45) is 7.14. The molecular weight excluding hydrogens is 228 g/mol. The number of anilines is 1. The topological polar surface area (TPSA) is 64.3 Å². The molecule has 18 heavy (non-hydrogen) atoms. The lowest BCUT2D eigenvalue weighted by molar-refractivity contribution is 0.0364. The summed E-state index contributed by atoms with van der Waals surface area (Å²) >= 11 is 0. The standard InChI is InChI=1S/C13H22N4O/c1-11-9-15-13(16-10-11)17-6-3-12(4-7-17)18-8-2-5-14/h9-10,12H,2-8,14H2,1H3. The van der Waals surface area contributed by atoms with Crippen molar-refractivity contribution in [2.75, 3.05) is 31.1 Å². The van der Waals surface area contributed by atoms with Crippen LogP contribution in [0.5, 0.6) is 0 Å². The molecule has 5 heteroatoms. The molecule has 0 radical (unpaired) electrons. The molecule has 5 nitrogen and oxygen atoms in total. The molecule has 1 fully saturated rings. The fourth-order valence-corrected chi connectivity index (χ4v) is 2.10. The highest BCUT2D eigenvalue weighted by Crippen LogP contribution is 2.17. The number of nitrogens with two attached hydrogens (primary N) is 1. The van der Waals surface area contributed by atoms with Crippen molar-refractivity contribution < 1.29 is 4.74 Å². The van der Waals surface area contributed by atoms with Crippen molar-refractivity contribution in [2.24, 2.45) is 5.73 Å². The lowest BCUT2D eigenvalue weighted by Crippen LogP contribution is -2.38. The maximum absolute atomic E-state index is 5.78. The largest absolute Gasteiger partial charge is 0.378 e. The molecule has 100 valence electrons. The van der Waals surface area contributed by atoms with Gasteiger partial charge >= 0.3 is 0 Å². The van der Waals surface area contributed by atoms with Crippen molar-refractivity contribution in [1.82, 2.24) is 9.97 Å². The van der Waals surface area contributed by atoms with Gasteiger partial charge in [-0.15, -0.1) is 0 Å². The third-order valence-electron chi connectivity index (χ3n) is 3.19. The third-order valence-corrected chi connectivity index (χ3v) is 3.19. The van der Waals surface area contributed by atoms with Crippen LogP contribution < -0.4 is 10.6 Å². The molecule has 0 amide bonds. The molecule has 1 aliphatic rings. The van der Waals surface area contributed by atoms with Crippen LogP contribution in [0.2, 0.25) is 0 Å². The molecule has 0 unspecified atom stereocenters. The van der Waals surface area contributed by atoms with E-state index in [-0.39, 0.29) is 0 Å². The summed E-state index contributed by atoms with van der Waals surface area (Å²) in [5, 5.41) is 0. The molecule has 0 aliphatic carbocycles. The van der Waals surface area contributed by atoms with E-state index >= 15 is 0 Å². The normalized spacial score (nSPS) is 17.1. The summed E-state index contributed by atoms with van der Waals surface area (Å²) in [6.45, 7) is 5.42. The van der Waals surface area contributed by atoms with Gasteiger partial charge in [0.1, 0.15) is 0 Å². The predicted octanol–water partition coefficient (Wildman–Crippen LogP) is 1.12. The van der Waals surface area contributed by atoms with Crippen molar-refractivity contribution in [3.05, 3.63) is 18.0 Å². The van der Waals surface area contributed by atoms with E-state index in [1.54, 1.807) is 0 Å². The minimum absolute atomic E-state index is 0.373. The minimum atomic E-state index is 0.373. The number of aryl methyl sites for hydroxylation is 1. The second-order valence-corrected chi connectivity index (χ2v) is 4.76. The number of nitrogens with zero attached hydrogens (tertiary/aromatic N) is 3. The zero-order valence-electron chi connectivity index (χ0n) is 11.0. The van der Waals surface area contributed by atoms with Gasteiger partial charge in [0.25, 0.3) is 0 Å². The summed E-state index contributed by atoms with van der Waals surface area (Å²) in [4.78, 5) is 10.9. The Morgan fingerprint density at radius 3 is 2.61 bits per heavy atom. The molecule has 0 spiro atoms. The van der Waals surface area contributed by atoms with E-state index in [2.05, 4.69) is 14.9 Å². The second kappa shape index (κ2) is 6.66. The van der Waals surface area contributed by atoms with E-state index in [0.717, 1.165) is 50.5 Å². The Balaban J connectivity index is 1.77. The van der Waals surface area contributed by atoms with Crippen LogP contribution >= 0.6 is 0 Å². The lowest BCUT2D eigenvalue weighted by Gasteiger charge is -2.31. The number of piperidine rings is 1. The highest BCUT2D eigenvalue weighted by molar-refractivity contribution is 5.30. The van der Waals surface area contributed by atoms with Crippen molar-refractivity contribution >= 4 is 5.95 Å². The predicted molar refractivity (Wildman–Crippen MR) is 71.6 cm³/mol. The van der Waals surface area contributed by atoms with Crippen LogP contribution in [-0.2, 0) is 4.74 Å². The Bertz CT molecular complexity index is 347. The zero-order valence-corrected chi connectivity index (χ0v) is 11.0. The van der Waals surface area contributed by atoms with E-state index in [9.17, 15) is 0 Å². The van der Waals surface area contributed by atoms with Crippen LogP contribution in [-0.4, -0.2) is 42.3 Å². The average molecular weight is 250 g/mol. The van der Waals surface area contributed by atoms with Gasteiger partial charge in [-0.3, -0.25) is 0 Å². The number of rotatable bonds is 5. The molecule has 2 rings (SSSR count). The summed E-state index contributed by atoms with van der Waals surface area (Å²) in [6, 6.07) is 0. The first-order chi connectivity index (χ1) is 8.79. The molecule has 1 aromatic heterocycles. The summed E-state index contributed by atoms with van der Waals surface area (Å²) in [5.74, 6) is 0.834. The molecule has 1 aromatic rings. The van der Waals surface area contributed by atoms with Crippen LogP contribution in [0, 0.1) is 6.92 Å². The number of ether oxygens (including phenoxy) is 1. The zero-order chi connectivity index (χ0) is 12.8. The Morgan fingerprint density at radius 2 is 2.00 bits per heavy atom. The molecular formula is C13H22N4O. The van der Waals surface area contributed by atoms with Crippen LogP contribution in [0.4, 0.5) is 5.95 Å². The molecule has 0 aromatic carbocycles. The van der Waals surface area contributed by atoms with Gasteiger partial charge in [0, 0.05) is 32.1 Å². The van der Waals surface area contributed by atoms with Crippen molar-refractivity contribution in [3.63, 3.8) is 0 Å². The molecule has 0 atom stereocenters. The summed E-state index contributed by atoms with van der Waals surface area (Å²) in [5.41, 5.74) is 6.55. The Morgan fingerprint density at radius 1 is 1.33 bits per heavy atom. The van der Waals surface area contributed by atoms with Crippen molar-refractivity contribution in [2.45, 2.75) is 32.3 Å². The van der Waals surface area contributed by atoms with Gasteiger partial charge in [-0.25, -0.2) is 9.97 Å². The van der Waals surface area contributed by atoms with Crippen LogP contribution in [0.25, 0.3) is 0 Å². The van der Waals surface area contributed by atoms with Gasteiger partial charge in [-0.2, -0.15) is 0 Å². The third kappa shape index (κ3) is 3.65. The fraction of sp³-hybridized carbons (Fsp3) is 0.692. The highest BCUT2D eigenvalue weighted by atomic mass is 16.5. The van der Waals surface area contributed by atoms with Crippen LogP contribution in [0.1, 0.15) is 24.8 Å². The van der Waals surface area contributed by atoms with Crippen LogP contribution in [0.3, 0.4) is 0 Å². The van der Waals surface area contributed by atoms with Crippen molar-refractivity contribution in [3.8, 4) is 0 Å². The van der Waals surface area contributed by atoms with E-state index in [1.807, 2.05) is 19.3 Å². The highest BCUT2D eigenvalue weighted by Gasteiger charge is 2.20. The molecule has 0 saturated carbocycles. The van der Waals surface area contributed by atoms with E-state index in [0.29, 0.717) is 12.6 Å². The summed E-state index contributed by atoms with van der Waals surface area (Å²) < 4.78 is 5.78. The van der Waals surface area contributed by atoms with Gasteiger partial charge < -0.3 is 15.4 Å². The molecule has 1 aliphatic heterocycles. The average Bonchev–Trinajstić information content (AvgIpc) is 2.41. The fourth-order valence-electron chi connectivity index (χ4n) is 2.10. The van der Waals surface area contributed by atoms with E-state index in [4.69, 9.17) is 10.5 Å². The monoisotopic (exact) mass is 250 g/mol. The van der Waals surface area contributed by atoms with Gasteiger partial charge in [0.05, 0.1) is 6.10 Å². The number of hydrogen-bond donors (Lipinski definition) is 1. The van der Waals surface area contributed by atoms with Gasteiger partial charge in [-0.1, -0.05) is 0 Å². The van der Waals surface area contributed by atoms with Gasteiger partial charge in [0.15, 0.2) is 0 Å². The first kappa shape index (κ1) is 13.2. The lowest BCUT2D eigenvalue weighted by atomic mass is 10.1. The molecule has 0 bridgehead atoms.